The number of nitrogens with zero attached hydrogens (tertiary/aromatic N) is 4. The van der Waals surface area contributed by atoms with E-state index in [1.165, 1.54) is 9.79 Å². The average molecular weight is 600 g/mol. The molecule has 0 aliphatic rings. The summed E-state index contributed by atoms with van der Waals surface area (Å²) in [6, 6.07) is 19.4. The molecule has 174 valence electrons. The van der Waals surface area contributed by atoms with Gasteiger partial charge in [0.1, 0.15) is 6.33 Å². The van der Waals surface area contributed by atoms with Crippen molar-refractivity contribution >= 4 is 57.5 Å². The zero-order valence-corrected chi connectivity index (χ0v) is 24.1. The monoisotopic (exact) mass is 598 g/mol. The van der Waals surface area contributed by atoms with Crippen molar-refractivity contribution in [3.63, 3.8) is 0 Å². The first-order chi connectivity index (χ1) is 14.5. The molecule has 1 aromatic heterocycles. The predicted octanol–water partition coefficient (Wildman–Crippen LogP) is 6.27. The third-order valence-corrected chi connectivity index (χ3v) is 6.57. The van der Waals surface area contributed by atoms with Gasteiger partial charge < -0.3 is 9.80 Å². The normalized spacial score (nSPS) is 10.7. The van der Waals surface area contributed by atoms with Gasteiger partial charge in [-0.05, 0) is 58.5 Å². The van der Waals surface area contributed by atoms with Gasteiger partial charge in [-0.2, -0.15) is 0 Å². The number of benzene rings is 2. The summed E-state index contributed by atoms with van der Waals surface area (Å²) in [4.78, 5) is 16.0. The quantitative estimate of drug-likeness (QED) is 0.255. The van der Waals surface area contributed by atoms with E-state index in [1.54, 1.807) is 6.33 Å². The van der Waals surface area contributed by atoms with Crippen LogP contribution in [0.3, 0.4) is 0 Å². The standard InChI is InChI=1S/C24H30N4S2.2BrH/c1-27(2)13-15-29-21-9-5-19(6-10-21)23-17-24(26-18-25-23)20-7-11-22(12-8-20)30-16-14-28(3)4;;/h5-12,17-18H,13-16H2,1-4H3;2*1H. The van der Waals surface area contributed by atoms with Crippen LogP contribution in [0.25, 0.3) is 22.5 Å². The topological polar surface area (TPSA) is 32.3 Å². The maximum Gasteiger partial charge on any atom is 0.116 e. The fraction of sp³-hybridized carbons (Fsp3) is 0.333. The second-order valence-electron chi connectivity index (χ2n) is 7.64. The molecular weight excluding hydrogens is 568 g/mol. The Hall–Kier alpha value is -0.900. The summed E-state index contributed by atoms with van der Waals surface area (Å²) in [7, 11) is 8.42. The summed E-state index contributed by atoms with van der Waals surface area (Å²) in [6.07, 6.45) is 1.66. The van der Waals surface area contributed by atoms with Gasteiger partial charge in [-0.1, -0.05) is 24.3 Å². The van der Waals surface area contributed by atoms with Gasteiger partial charge in [0, 0.05) is 45.5 Å². The second kappa shape index (κ2) is 15.1. The molecule has 4 nitrogen and oxygen atoms in total. The van der Waals surface area contributed by atoms with Crippen LogP contribution in [0.2, 0.25) is 0 Å². The van der Waals surface area contributed by atoms with Crippen LogP contribution < -0.4 is 0 Å². The average Bonchev–Trinajstić information content (AvgIpc) is 2.74. The molecule has 2 aromatic carbocycles. The SMILES string of the molecule is Br.Br.CN(C)CCSc1ccc(-c2cc(-c3ccc(SCCN(C)C)cc3)ncn2)cc1. The highest BCUT2D eigenvalue weighted by molar-refractivity contribution is 8.93. The highest BCUT2D eigenvalue weighted by atomic mass is 79.9. The summed E-state index contributed by atoms with van der Waals surface area (Å²) < 4.78 is 0. The van der Waals surface area contributed by atoms with Gasteiger partial charge in [-0.3, -0.25) is 0 Å². The summed E-state index contributed by atoms with van der Waals surface area (Å²) in [5.41, 5.74) is 4.14. The lowest BCUT2D eigenvalue weighted by Gasteiger charge is -2.10. The molecule has 0 fully saturated rings. The molecule has 1 heterocycles. The van der Waals surface area contributed by atoms with Crippen LogP contribution in [0.1, 0.15) is 0 Å². The maximum absolute atomic E-state index is 4.49. The summed E-state index contributed by atoms with van der Waals surface area (Å²) in [6.45, 7) is 2.16. The van der Waals surface area contributed by atoms with Crippen LogP contribution in [0, 0.1) is 0 Å². The number of halogens is 2. The number of hydrogen-bond acceptors (Lipinski definition) is 6. The Morgan fingerprint density at radius 3 is 1.34 bits per heavy atom. The van der Waals surface area contributed by atoms with Gasteiger partial charge in [0.2, 0.25) is 0 Å². The first kappa shape index (κ1) is 29.1. The molecule has 0 N–H and O–H groups in total. The molecule has 0 aliphatic heterocycles. The van der Waals surface area contributed by atoms with Crippen molar-refractivity contribution in [2.24, 2.45) is 0 Å². The van der Waals surface area contributed by atoms with Crippen molar-refractivity contribution in [2.75, 3.05) is 52.8 Å². The van der Waals surface area contributed by atoms with Crippen LogP contribution in [-0.4, -0.2) is 72.6 Å². The van der Waals surface area contributed by atoms with E-state index in [0.29, 0.717) is 0 Å². The Morgan fingerprint density at radius 1 is 0.625 bits per heavy atom. The molecule has 3 rings (SSSR count). The zero-order chi connectivity index (χ0) is 21.3. The van der Waals surface area contributed by atoms with Crippen molar-refractivity contribution < 1.29 is 0 Å². The van der Waals surface area contributed by atoms with Crippen LogP contribution in [-0.2, 0) is 0 Å². The molecule has 0 amide bonds. The van der Waals surface area contributed by atoms with Crippen molar-refractivity contribution in [1.82, 2.24) is 19.8 Å². The van der Waals surface area contributed by atoms with Crippen LogP contribution in [0.4, 0.5) is 0 Å². The van der Waals surface area contributed by atoms with E-state index in [9.17, 15) is 0 Å². The molecule has 0 atom stereocenters. The van der Waals surface area contributed by atoms with Gasteiger partial charge in [0.15, 0.2) is 0 Å². The molecule has 0 unspecified atom stereocenters. The third kappa shape index (κ3) is 9.53. The highest BCUT2D eigenvalue weighted by Gasteiger charge is 2.06. The van der Waals surface area contributed by atoms with Crippen molar-refractivity contribution in [3.8, 4) is 22.5 Å². The lowest BCUT2D eigenvalue weighted by molar-refractivity contribution is 0.437. The molecule has 0 saturated heterocycles. The second-order valence-corrected chi connectivity index (χ2v) is 9.98. The molecule has 0 aliphatic carbocycles. The minimum Gasteiger partial charge on any atom is -0.309 e. The zero-order valence-electron chi connectivity index (χ0n) is 19.0. The van der Waals surface area contributed by atoms with E-state index >= 15 is 0 Å². The highest BCUT2D eigenvalue weighted by Crippen LogP contribution is 2.27. The number of rotatable bonds is 10. The molecule has 0 bridgehead atoms. The van der Waals surface area contributed by atoms with Crippen LogP contribution >= 0.6 is 57.5 Å². The first-order valence-corrected chi connectivity index (χ1v) is 12.1. The van der Waals surface area contributed by atoms with E-state index in [0.717, 1.165) is 47.1 Å². The van der Waals surface area contributed by atoms with Gasteiger partial charge in [0.05, 0.1) is 11.4 Å². The van der Waals surface area contributed by atoms with Crippen LogP contribution in [0.15, 0.2) is 70.7 Å². The molecule has 3 aromatic rings. The van der Waals surface area contributed by atoms with Gasteiger partial charge >= 0.3 is 0 Å². The van der Waals surface area contributed by atoms with Gasteiger partial charge in [-0.25, -0.2) is 9.97 Å². The Balaban J connectivity index is 0.00000256. The predicted molar refractivity (Wildman–Crippen MR) is 152 cm³/mol. The Bertz CT molecular complexity index is 847. The van der Waals surface area contributed by atoms with Crippen molar-refractivity contribution in [2.45, 2.75) is 9.79 Å². The van der Waals surface area contributed by atoms with Gasteiger partial charge in [-0.15, -0.1) is 57.5 Å². The summed E-state index contributed by atoms with van der Waals surface area (Å²) >= 11 is 3.76. The largest absolute Gasteiger partial charge is 0.309 e. The lowest BCUT2D eigenvalue weighted by atomic mass is 10.1. The smallest absolute Gasteiger partial charge is 0.116 e. The Labute approximate surface area is 222 Å². The molecule has 32 heavy (non-hydrogen) atoms. The first-order valence-electron chi connectivity index (χ1n) is 10.1. The minimum absolute atomic E-state index is 0. The van der Waals surface area contributed by atoms with E-state index < -0.39 is 0 Å². The van der Waals surface area contributed by atoms with Crippen molar-refractivity contribution in [1.29, 1.82) is 0 Å². The molecule has 8 heteroatoms. The maximum atomic E-state index is 4.49. The molecule has 0 radical (unpaired) electrons. The number of hydrogen-bond donors (Lipinski definition) is 0. The summed E-state index contributed by atoms with van der Waals surface area (Å²) in [5.74, 6) is 2.18. The fourth-order valence-electron chi connectivity index (χ4n) is 2.81. The molecule has 0 spiro atoms. The van der Waals surface area contributed by atoms with E-state index in [-0.39, 0.29) is 34.0 Å². The Kier molecular flexibility index (Phi) is 13.7. The number of aromatic nitrogens is 2. The lowest BCUT2D eigenvalue weighted by Crippen LogP contribution is -2.14. The number of thioether (sulfide) groups is 2. The summed E-state index contributed by atoms with van der Waals surface area (Å²) in [5, 5.41) is 0. The van der Waals surface area contributed by atoms with Crippen LogP contribution in [0.5, 0.6) is 0 Å². The van der Waals surface area contributed by atoms with E-state index in [4.69, 9.17) is 0 Å². The molecule has 0 saturated carbocycles. The van der Waals surface area contributed by atoms with E-state index in [2.05, 4.69) is 103 Å². The Morgan fingerprint density at radius 2 is 1.00 bits per heavy atom. The van der Waals surface area contributed by atoms with Gasteiger partial charge in [0.25, 0.3) is 0 Å². The minimum atomic E-state index is 0. The fourth-order valence-corrected chi connectivity index (χ4v) is 4.85. The van der Waals surface area contributed by atoms with E-state index in [1.807, 2.05) is 23.5 Å². The van der Waals surface area contributed by atoms with Crippen molar-refractivity contribution in [3.05, 3.63) is 60.9 Å². The molecular formula is C24H32Br2N4S2. The third-order valence-electron chi connectivity index (χ3n) is 4.58.